The van der Waals surface area contributed by atoms with Crippen molar-refractivity contribution in [2.24, 2.45) is 0 Å². The topological polar surface area (TPSA) is 57.7 Å². The number of amides is 4. The molecule has 0 fully saturated rings. The largest absolute Gasteiger partial charge is 0.446 e. The van der Waals surface area contributed by atoms with E-state index in [1.807, 2.05) is 0 Å². The first kappa shape index (κ1) is 23.3. The number of anilines is 1. The van der Waals surface area contributed by atoms with Gasteiger partial charge in [0.2, 0.25) is 5.91 Å². The molecule has 0 aliphatic heterocycles. The van der Waals surface area contributed by atoms with Gasteiger partial charge in [-0.15, -0.1) is 0 Å². The Morgan fingerprint density at radius 2 is 1.50 bits per heavy atom. The van der Waals surface area contributed by atoms with Gasteiger partial charge in [0.15, 0.2) is 0 Å². The van der Waals surface area contributed by atoms with Crippen molar-refractivity contribution in [3.05, 3.63) is 59.4 Å². The SMILES string of the molecule is CC(=O)N(C(=O)c1c(F)cccc1F)C(=O)N(C)c1ccc(SC(F)(F)F)cc1F. The van der Waals surface area contributed by atoms with E-state index in [9.17, 15) is 40.7 Å². The molecule has 0 aliphatic rings. The van der Waals surface area contributed by atoms with Crippen LogP contribution in [0.1, 0.15) is 17.3 Å². The Labute approximate surface area is 170 Å². The second-order valence-corrected chi connectivity index (χ2v) is 6.90. The molecule has 0 radical (unpaired) electrons. The number of nitrogens with zero attached hydrogens (tertiary/aromatic N) is 2. The van der Waals surface area contributed by atoms with Gasteiger partial charge in [0.05, 0.1) is 5.69 Å². The van der Waals surface area contributed by atoms with Crippen molar-refractivity contribution in [1.29, 1.82) is 0 Å². The molecule has 2 aromatic rings. The van der Waals surface area contributed by atoms with E-state index in [0.29, 0.717) is 11.0 Å². The first-order valence-corrected chi connectivity index (χ1v) is 8.77. The van der Waals surface area contributed by atoms with E-state index in [0.717, 1.165) is 44.3 Å². The summed E-state index contributed by atoms with van der Waals surface area (Å²) in [5.41, 5.74) is -6.41. The van der Waals surface area contributed by atoms with Gasteiger partial charge in [0.1, 0.15) is 23.0 Å². The van der Waals surface area contributed by atoms with Crippen LogP contribution in [0.5, 0.6) is 0 Å². The van der Waals surface area contributed by atoms with Gasteiger partial charge < -0.3 is 0 Å². The summed E-state index contributed by atoms with van der Waals surface area (Å²) in [5, 5.41) is 0. The maximum Gasteiger partial charge on any atom is 0.446 e. The zero-order chi connectivity index (χ0) is 22.8. The lowest BCUT2D eigenvalue weighted by molar-refractivity contribution is -0.123. The number of benzene rings is 2. The molecule has 4 amide bonds. The van der Waals surface area contributed by atoms with E-state index >= 15 is 0 Å². The van der Waals surface area contributed by atoms with E-state index in [1.54, 1.807) is 0 Å². The van der Waals surface area contributed by atoms with Gasteiger partial charge in [-0.3, -0.25) is 14.5 Å². The number of imide groups is 3. The Morgan fingerprint density at radius 3 is 1.97 bits per heavy atom. The molecule has 0 aliphatic carbocycles. The number of urea groups is 1. The second-order valence-electron chi connectivity index (χ2n) is 5.76. The summed E-state index contributed by atoms with van der Waals surface area (Å²) in [5.74, 6) is -6.76. The van der Waals surface area contributed by atoms with Crippen molar-refractivity contribution in [1.82, 2.24) is 4.90 Å². The Balaban J connectivity index is 2.38. The van der Waals surface area contributed by atoms with Gasteiger partial charge >= 0.3 is 11.5 Å². The van der Waals surface area contributed by atoms with E-state index < -0.39 is 68.7 Å². The maximum atomic E-state index is 14.3. The molecule has 0 spiro atoms. The zero-order valence-corrected chi connectivity index (χ0v) is 16.1. The van der Waals surface area contributed by atoms with Crippen molar-refractivity contribution in [3.8, 4) is 0 Å². The number of alkyl halides is 3. The number of hydrogen-bond acceptors (Lipinski definition) is 4. The third-order valence-corrected chi connectivity index (χ3v) is 4.41. The fourth-order valence-electron chi connectivity index (χ4n) is 2.39. The van der Waals surface area contributed by atoms with Gasteiger partial charge in [-0.2, -0.15) is 18.1 Å². The molecule has 0 N–H and O–H groups in total. The molecular formula is C18H12F6N2O3S. The number of thioether (sulfide) groups is 1. The molecule has 0 saturated carbocycles. The van der Waals surface area contributed by atoms with Crippen LogP contribution in [-0.4, -0.2) is 35.3 Å². The maximum absolute atomic E-state index is 14.3. The fraction of sp³-hybridized carbons (Fsp3) is 0.167. The smallest absolute Gasteiger partial charge is 0.294 e. The lowest BCUT2D eigenvalue weighted by Gasteiger charge is -2.25. The highest BCUT2D eigenvalue weighted by Crippen LogP contribution is 2.38. The lowest BCUT2D eigenvalue weighted by atomic mass is 10.1. The molecular weight excluding hydrogens is 438 g/mol. The highest BCUT2D eigenvalue weighted by molar-refractivity contribution is 8.00. The molecule has 0 atom stereocenters. The number of hydrogen-bond donors (Lipinski definition) is 0. The number of carbonyl (C=O) groups is 3. The van der Waals surface area contributed by atoms with E-state index in [-0.39, 0.29) is 4.90 Å². The quantitative estimate of drug-likeness (QED) is 0.490. The fourth-order valence-corrected chi connectivity index (χ4v) is 2.95. The van der Waals surface area contributed by atoms with Crippen molar-refractivity contribution in [2.45, 2.75) is 17.3 Å². The molecule has 160 valence electrons. The highest BCUT2D eigenvalue weighted by Gasteiger charge is 2.34. The number of rotatable bonds is 3. The normalized spacial score (nSPS) is 11.2. The number of carbonyl (C=O) groups excluding carboxylic acids is 3. The van der Waals surface area contributed by atoms with Crippen LogP contribution >= 0.6 is 11.8 Å². The third-order valence-electron chi connectivity index (χ3n) is 3.69. The van der Waals surface area contributed by atoms with Crippen LogP contribution in [0.2, 0.25) is 0 Å². The Bertz CT molecular complexity index is 992. The van der Waals surface area contributed by atoms with Crippen LogP contribution < -0.4 is 4.90 Å². The summed E-state index contributed by atoms with van der Waals surface area (Å²) in [7, 11) is 0.929. The van der Waals surface area contributed by atoms with Gasteiger partial charge in [-0.1, -0.05) is 6.07 Å². The lowest BCUT2D eigenvalue weighted by Crippen LogP contribution is -2.48. The third kappa shape index (κ3) is 5.12. The Morgan fingerprint density at radius 1 is 0.933 bits per heavy atom. The van der Waals surface area contributed by atoms with Crippen LogP contribution in [0.4, 0.5) is 36.8 Å². The van der Waals surface area contributed by atoms with Crippen LogP contribution in [0.15, 0.2) is 41.3 Å². The van der Waals surface area contributed by atoms with Crippen LogP contribution in [0, 0.1) is 17.5 Å². The van der Waals surface area contributed by atoms with Gasteiger partial charge in [-0.05, 0) is 42.1 Å². The van der Waals surface area contributed by atoms with Crippen molar-refractivity contribution < 1.29 is 40.7 Å². The summed E-state index contributed by atoms with van der Waals surface area (Å²) >= 11 is -0.585. The van der Waals surface area contributed by atoms with Crippen LogP contribution in [0.25, 0.3) is 0 Å². The van der Waals surface area contributed by atoms with Crippen molar-refractivity contribution >= 4 is 35.3 Å². The highest BCUT2D eigenvalue weighted by atomic mass is 32.2. The molecule has 2 rings (SSSR count). The van der Waals surface area contributed by atoms with Crippen LogP contribution in [0.3, 0.4) is 0 Å². The molecule has 0 unspecified atom stereocenters. The zero-order valence-electron chi connectivity index (χ0n) is 15.3. The molecule has 0 saturated heterocycles. The molecule has 0 aromatic heterocycles. The molecule has 12 heteroatoms. The summed E-state index contributed by atoms with van der Waals surface area (Å²) in [4.78, 5) is 36.7. The molecule has 0 heterocycles. The standard InChI is InChI=1S/C18H12F6N2O3S/c1-9(27)26(16(28)15-11(19)4-3-5-12(15)20)17(29)25(2)14-7-6-10(8-13(14)21)30-18(22,23)24/h3-8H,1-2H3. The molecule has 5 nitrogen and oxygen atoms in total. The molecule has 30 heavy (non-hydrogen) atoms. The van der Waals surface area contributed by atoms with Gasteiger partial charge in [-0.25, -0.2) is 18.0 Å². The van der Waals surface area contributed by atoms with Crippen molar-refractivity contribution in [2.75, 3.05) is 11.9 Å². The predicted molar refractivity (Wildman–Crippen MR) is 95.3 cm³/mol. The van der Waals surface area contributed by atoms with E-state index in [4.69, 9.17) is 0 Å². The van der Waals surface area contributed by atoms with Crippen molar-refractivity contribution in [3.63, 3.8) is 0 Å². The number of halogens is 6. The minimum absolute atomic E-state index is 0.112. The molecule has 0 bridgehead atoms. The summed E-state index contributed by atoms with van der Waals surface area (Å²) in [6.07, 6.45) is 0. The van der Waals surface area contributed by atoms with E-state index in [2.05, 4.69) is 0 Å². The Kier molecular flexibility index (Phi) is 6.80. The predicted octanol–water partition coefficient (Wildman–Crippen LogP) is 4.96. The first-order valence-electron chi connectivity index (χ1n) is 7.95. The van der Waals surface area contributed by atoms with E-state index in [1.165, 1.54) is 0 Å². The monoisotopic (exact) mass is 450 g/mol. The first-order chi connectivity index (χ1) is 13.8. The van der Waals surface area contributed by atoms with Gasteiger partial charge in [0.25, 0.3) is 5.91 Å². The van der Waals surface area contributed by atoms with Crippen LogP contribution in [-0.2, 0) is 4.79 Å². The Hall–Kier alpha value is -3.02. The molecule has 2 aromatic carbocycles. The summed E-state index contributed by atoms with van der Waals surface area (Å²) in [6.45, 7) is 0.766. The summed E-state index contributed by atoms with van der Waals surface area (Å²) < 4.78 is 79.2. The minimum Gasteiger partial charge on any atom is -0.294 e. The summed E-state index contributed by atoms with van der Waals surface area (Å²) in [6, 6.07) is 3.17. The average Bonchev–Trinajstić information content (AvgIpc) is 2.59. The minimum atomic E-state index is -4.67. The average molecular weight is 450 g/mol. The second kappa shape index (κ2) is 8.78. The van der Waals surface area contributed by atoms with Gasteiger partial charge in [0, 0.05) is 18.9 Å².